The summed E-state index contributed by atoms with van der Waals surface area (Å²) in [5, 5.41) is 2.47. The van der Waals surface area contributed by atoms with Crippen molar-refractivity contribution < 1.29 is 14.3 Å². The number of hydrogen-bond acceptors (Lipinski definition) is 6. The van der Waals surface area contributed by atoms with Crippen molar-refractivity contribution in [2.75, 3.05) is 32.0 Å². The number of aromatic nitrogens is 1. The smallest absolute Gasteiger partial charge is 0.262 e. The van der Waals surface area contributed by atoms with Gasteiger partial charge in [0.1, 0.15) is 18.2 Å². The molecule has 1 aromatic carbocycles. The quantitative estimate of drug-likeness (QED) is 0.720. The van der Waals surface area contributed by atoms with Crippen LogP contribution in [-0.2, 0) is 0 Å². The van der Waals surface area contributed by atoms with Crippen LogP contribution in [0.3, 0.4) is 0 Å². The van der Waals surface area contributed by atoms with Gasteiger partial charge in [-0.3, -0.25) is 29.2 Å². The number of nitrogens with two attached hydrogens (primary N) is 1. The van der Waals surface area contributed by atoms with Crippen molar-refractivity contribution in [1.29, 1.82) is 0 Å². The summed E-state index contributed by atoms with van der Waals surface area (Å²) in [5.74, 6) is -0.852. The molecule has 0 radical (unpaired) electrons. The zero-order valence-electron chi connectivity index (χ0n) is 15.7. The lowest BCUT2D eigenvalue weighted by atomic mass is 10.1. The minimum absolute atomic E-state index is 0.00687. The Bertz CT molecular complexity index is 1040. The van der Waals surface area contributed by atoms with E-state index in [1.54, 1.807) is 18.2 Å². The lowest BCUT2D eigenvalue weighted by Gasteiger charge is -2.26. The Balaban J connectivity index is 1.55. The number of likely N-dealkylation sites (tertiary alicyclic amines) is 1. The van der Waals surface area contributed by atoms with Crippen molar-refractivity contribution in [3.63, 3.8) is 0 Å². The molecule has 0 aliphatic carbocycles. The Morgan fingerprint density at radius 2 is 1.83 bits per heavy atom. The van der Waals surface area contributed by atoms with Gasteiger partial charge in [-0.2, -0.15) is 0 Å². The van der Waals surface area contributed by atoms with Gasteiger partial charge in [-0.05, 0) is 44.1 Å². The molecule has 1 aromatic heterocycles. The Morgan fingerprint density at radius 3 is 2.55 bits per heavy atom. The molecule has 0 bridgehead atoms. The lowest BCUT2D eigenvalue weighted by Crippen LogP contribution is -2.33. The van der Waals surface area contributed by atoms with Crippen LogP contribution in [0.2, 0.25) is 5.02 Å². The van der Waals surface area contributed by atoms with E-state index in [9.17, 15) is 14.4 Å². The van der Waals surface area contributed by atoms with Crippen molar-refractivity contribution >= 4 is 29.2 Å². The Hall–Kier alpha value is -2.84. The fraction of sp³-hybridized carbons (Fsp3) is 0.350. The summed E-state index contributed by atoms with van der Waals surface area (Å²) >= 11 is 6.35. The molecule has 2 aromatic rings. The van der Waals surface area contributed by atoms with Gasteiger partial charge in [0.15, 0.2) is 0 Å². The maximum absolute atomic E-state index is 12.5. The van der Waals surface area contributed by atoms with E-state index in [1.165, 1.54) is 19.3 Å². The number of hydrogen-bond donors (Lipinski definition) is 2. The first kappa shape index (κ1) is 19.5. The minimum atomic E-state index is -0.628. The number of piperidine rings is 1. The summed E-state index contributed by atoms with van der Waals surface area (Å²) in [6.45, 7) is 3.53. The van der Waals surface area contributed by atoms with Crippen LogP contribution in [0.4, 0.5) is 5.82 Å². The number of rotatable bonds is 5. The average Bonchev–Trinajstić information content (AvgIpc) is 2.98. The van der Waals surface area contributed by atoms with Crippen LogP contribution in [0.15, 0.2) is 29.1 Å². The van der Waals surface area contributed by atoms with Crippen LogP contribution in [0.25, 0.3) is 5.69 Å². The van der Waals surface area contributed by atoms with E-state index < -0.39 is 17.4 Å². The van der Waals surface area contributed by atoms with Gasteiger partial charge in [0.05, 0.1) is 21.8 Å². The maximum Gasteiger partial charge on any atom is 0.262 e. The second kappa shape index (κ2) is 7.88. The molecule has 4 rings (SSSR count). The first-order valence-electron chi connectivity index (χ1n) is 9.52. The number of nitrogens with one attached hydrogen (secondary N) is 1. The Morgan fingerprint density at radius 1 is 1.07 bits per heavy atom. The summed E-state index contributed by atoms with van der Waals surface area (Å²) < 4.78 is 6.95. The second-order valence-electron chi connectivity index (χ2n) is 7.14. The molecule has 1 fully saturated rings. The third-order valence-electron chi connectivity index (χ3n) is 5.24. The monoisotopic (exact) mass is 416 g/mol. The molecule has 3 heterocycles. The zero-order chi connectivity index (χ0) is 20.5. The normalized spacial score (nSPS) is 16.6. The first-order valence-corrected chi connectivity index (χ1v) is 9.90. The van der Waals surface area contributed by atoms with Crippen LogP contribution in [0.1, 0.15) is 40.0 Å². The van der Waals surface area contributed by atoms with Crippen molar-refractivity contribution in [1.82, 2.24) is 14.8 Å². The zero-order valence-corrected chi connectivity index (χ0v) is 16.5. The summed E-state index contributed by atoms with van der Waals surface area (Å²) in [4.78, 5) is 38.6. The van der Waals surface area contributed by atoms with Gasteiger partial charge >= 0.3 is 0 Å². The molecule has 29 heavy (non-hydrogen) atoms. The summed E-state index contributed by atoms with van der Waals surface area (Å²) in [7, 11) is 0. The number of ether oxygens (including phenoxy) is 1. The van der Waals surface area contributed by atoms with E-state index in [1.807, 2.05) is 0 Å². The highest BCUT2D eigenvalue weighted by Gasteiger charge is 2.31. The van der Waals surface area contributed by atoms with Gasteiger partial charge in [-0.1, -0.05) is 18.0 Å². The third-order valence-corrected chi connectivity index (χ3v) is 5.54. The number of imide groups is 1. The number of nitrogen functional groups attached to an aromatic ring is 1. The van der Waals surface area contributed by atoms with Gasteiger partial charge in [-0.25, -0.2) is 0 Å². The number of fused-ring (bicyclic) bond motifs is 1. The minimum Gasteiger partial charge on any atom is -0.491 e. The van der Waals surface area contributed by atoms with Crippen LogP contribution in [0.5, 0.6) is 5.75 Å². The van der Waals surface area contributed by atoms with Gasteiger partial charge in [0, 0.05) is 12.6 Å². The lowest BCUT2D eigenvalue weighted by molar-refractivity contribution is 0.0880. The fourth-order valence-corrected chi connectivity index (χ4v) is 3.99. The van der Waals surface area contributed by atoms with E-state index in [-0.39, 0.29) is 16.9 Å². The van der Waals surface area contributed by atoms with Crippen molar-refractivity contribution in [3.05, 3.63) is 50.8 Å². The standard InChI is InChI=1S/C20H21ClN4O4/c21-14-10-12(4-5-15(14)29-9-8-24-6-2-1-3-7-24)25-16(26)11-13-17(18(25)22)20(28)23-19(13)27/h4-5,10-11H,1-3,6-9,22H2,(H,23,27,28). The number of nitrogens with zero attached hydrogens (tertiary/aromatic N) is 2. The Labute approximate surface area is 172 Å². The SMILES string of the molecule is Nc1c2c(cc(=O)n1-c1ccc(OCCN3CCCCC3)c(Cl)c1)C(=O)NC2=O. The summed E-state index contributed by atoms with van der Waals surface area (Å²) in [5.41, 5.74) is 5.88. The van der Waals surface area contributed by atoms with E-state index in [2.05, 4.69) is 10.2 Å². The number of amides is 2. The van der Waals surface area contributed by atoms with E-state index in [0.717, 1.165) is 30.3 Å². The summed E-state index contributed by atoms with van der Waals surface area (Å²) in [6.07, 6.45) is 3.72. The molecule has 3 N–H and O–H groups in total. The molecule has 0 spiro atoms. The average molecular weight is 417 g/mol. The molecule has 0 atom stereocenters. The van der Waals surface area contributed by atoms with Crippen LogP contribution < -0.4 is 21.3 Å². The van der Waals surface area contributed by atoms with Gasteiger partial charge in [0.2, 0.25) is 0 Å². The topological polar surface area (TPSA) is 107 Å². The van der Waals surface area contributed by atoms with Gasteiger partial charge in [0.25, 0.3) is 17.4 Å². The number of anilines is 1. The molecule has 2 aliphatic heterocycles. The number of carbonyl (C=O) groups excluding carboxylic acids is 2. The molecule has 1 saturated heterocycles. The first-order chi connectivity index (χ1) is 14.0. The van der Waals surface area contributed by atoms with Gasteiger partial charge < -0.3 is 10.5 Å². The van der Waals surface area contributed by atoms with Crippen LogP contribution in [0, 0.1) is 0 Å². The highest BCUT2D eigenvalue weighted by molar-refractivity contribution is 6.32. The van der Waals surface area contributed by atoms with Crippen LogP contribution in [-0.4, -0.2) is 47.5 Å². The molecule has 2 aliphatic rings. The summed E-state index contributed by atoms with van der Waals surface area (Å²) in [6, 6.07) is 5.96. The fourth-order valence-electron chi connectivity index (χ4n) is 3.76. The largest absolute Gasteiger partial charge is 0.491 e. The second-order valence-corrected chi connectivity index (χ2v) is 7.55. The van der Waals surface area contributed by atoms with Crippen molar-refractivity contribution in [2.24, 2.45) is 0 Å². The highest BCUT2D eigenvalue weighted by atomic mass is 35.5. The Kier molecular flexibility index (Phi) is 5.29. The molecule has 9 heteroatoms. The molecule has 8 nitrogen and oxygen atoms in total. The van der Waals surface area contributed by atoms with Crippen molar-refractivity contribution in [3.8, 4) is 11.4 Å². The van der Waals surface area contributed by atoms with Crippen LogP contribution >= 0.6 is 11.6 Å². The maximum atomic E-state index is 12.5. The van der Waals surface area contributed by atoms with E-state index in [4.69, 9.17) is 22.1 Å². The number of carbonyl (C=O) groups is 2. The number of pyridine rings is 1. The van der Waals surface area contributed by atoms with Gasteiger partial charge in [-0.15, -0.1) is 0 Å². The van der Waals surface area contributed by atoms with Crippen molar-refractivity contribution in [2.45, 2.75) is 19.3 Å². The number of halogens is 1. The molecular formula is C20H21ClN4O4. The molecule has 0 unspecified atom stereocenters. The molecular weight excluding hydrogens is 396 g/mol. The van der Waals surface area contributed by atoms with E-state index in [0.29, 0.717) is 23.1 Å². The predicted molar refractivity (Wildman–Crippen MR) is 109 cm³/mol. The van der Waals surface area contributed by atoms with E-state index >= 15 is 0 Å². The highest BCUT2D eigenvalue weighted by Crippen LogP contribution is 2.29. The molecule has 152 valence electrons. The predicted octanol–water partition coefficient (Wildman–Crippen LogP) is 1.82. The molecule has 0 saturated carbocycles. The third kappa shape index (κ3) is 3.73. The molecule has 2 amide bonds. The number of benzene rings is 1.